The molecule has 10 heteroatoms. The molecule has 1 rings (SSSR count). The van der Waals surface area contributed by atoms with E-state index in [4.69, 9.17) is 14.6 Å². The lowest BCUT2D eigenvalue weighted by Gasteiger charge is -2.23. The third-order valence-electron chi connectivity index (χ3n) is 3.19. The van der Waals surface area contributed by atoms with Crippen LogP contribution in [0.25, 0.3) is 0 Å². The van der Waals surface area contributed by atoms with Crippen molar-refractivity contribution in [2.45, 2.75) is 45.7 Å². The van der Waals surface area contributed by atoms with Gasteiger partial charge in [0.2, 0.25) is 12.2 Å². The number of benzene rings is 1. The molecule has 0 aliphatic heterocycles. The number of carbonyl (C=O) groups is 5. The number of carbonyl (C=O) groups excluding carboxylic acids is 4. The Hall–Kier alpha value is -3.43. The van der Waals surface area contributed by atoms with Crippen LogP contribution < -0.4 is 0 Å². The van der Waals surface area contributed by atoms with Crippen molar-refractivity contribution < 1.29 is 48.0 Å². The van der Waals surface area contributed by atoms with Gasteiger partial charge >= 0.3 is 29.8 Å². The zero-order chi connectivity index (χ0) is 21.3. The summed E-state index contributed by atoms with van der Waals surface area (Å²) in [5.74, 6) is -6.06. The first-order valence-corrected chi connectivity index (χ1v) is 8.10. The molecule has 152 valence electrons. The minimum atomic E-state index is -2.14. The topological polar surface area (TPSA) is 142 Å². The van der Waals surface area contributed by atoms with Crippen LogP contribution in [0.4, 0.5) is 0 Å². The van der Waals surface area contributed by atoms with E-state index in [0.717, 1.165) is 13.8 Å². The van der Waals surface area contributed by atoms with E-state index in [0.29, 0.717) is 5.56 Å². The molecule has 0 heterocycles. The summed E-state index contributed by atoms with van der Waals surface area (Å²) < 4.78 is 19.0. The van der Waals surface area contributed by atoms with Gasteiger partial charge < -0.3 is 24.1 Å². The Morgan fingerprint density at radius 3 is 1.89 bits per heavy atom. The fourth-order valence-corrected chi connectivity index (χ4v) is 1.97. The maximum Gasteiger partial charge on any atom is 0.352 e. The van der Waals surface area contributed by atoms with Crippen LogP contribution in [0.1, 0.15) is 26.3 Å². The number of ether oxygens (including phenoxy) is 4. The Morgan fingerprint density at radius 1 is 0.857 bits per heavy atom. The van der Waals surface area contributed by atoms with Crippen LogP contribution in [0.5, 0.6) is 0 Å². The van der Waals surface area contributed by atoms with Gasteiger partial charge in [-0.15, -0.1) is 0 Å². The SMILES string of the molecule is CC(=O)O[C@@H](C(=O)O)[C@@H](OC(C)=O)C(=O)O[C@@H](C)C(=O)OCc1ccccc1. The normalized spacial score (nSPS) is 13.4. The van der Waals surface area contributed by atoms with Crippen LogP contribution in [0.2, 0.25) is 0 Å². The average Bonchev–Trinajstić information content (AvgIpc) is 2.62. The van der Waals surface area contributed by atoms with Gasteiger partial charge in [-0.05, 0) is 12.5 Å². The number of carboxylic acid groups (broad SMARTS) is 1. The number of hydrogen-bond acceptors (Lipinski definition) is 9. The van der Waals surface area contributed by atoms with Gasteiger partial charge in [-0.1, -0.05) is 30.3 Å². The van der Waals surface area contributed by atoms with E-state index >= 15 is 0 Å². The molecular formula is C18H20O10. The minimum absolute atomic E-state index is 0.0693. The van der Waals surface area contributed by atoms with Crippen LogP contribution in [0.3, 0.4) is 0 Å². The van der Waals surface area contributed by atoms with Crippen molar-refractivity contribution in [3.63, 3.8) is 0 Å². The average molecular weight is 396 g/mol. The summed E-state index contributed by atoms with van der Waals surface area (Å²) in [6.45, 7) is 2.96. The largest absolute Gasteiger partial charge is 0.478 e. The molecule has 0 aromatic heterocycles. The molecule has 0 spiro atoms. The van der Waals surface area contributed by atoms with Gasteiger partial charge in [0.25, 0.3) is 0 Å². The highest BCUT2D eigenvalue weighted by Gasteiger charge is 2.42. The molecule has 1 aromatic carbocycles. The third kappa shape index (κ3) is 7.44. The highest BCUT2D eigenvalue weighted by Crippen LogP contribution is 2.11. The molecule has 0 unspecified atom stereocenters. The van der Waals surface area contributed by atoms with Crippen molar-refractivity contribution in [3.8, 4) is 0 Å². The molecule has 0 saturated heterocycles. The highest BCUT2D eigenvalue weighted by atomic mass is 16.6. The zero-order valence-electron chi connectivity index (χ0n) is 15.4. The second kappa shape index (κ2) is 10.7. The maximum atomic E-state index is 12.2. The van der Waals surface area contributed by atoms with Crippen molar-refractivity contribution in [2.75, 3.05) is 0 Å². The molecule has 0 aliphatic carbocycles. The Morgan fingerprint density at radius 2 is 1.39 bits per heavy atom. The lowest BCUT2D eigenvalue weighted by Crippen LogP contribution is -2.47. The van der Waals surface area contributed by atoms with Crippen LogP contribution in [0, 0.1) is 0 Å². The van der Waals surface area contributed by atoms with Crippen LogP contribution in [-0.2, 0) is 49.5 Å². The molecule has 0 saturated carbocycles. The summed E-state index contributed by atoms with van der Waals surface area (Å²) >= 11 is 0. The smallest absolute Gasteiger partial charge is 0.352 e. The van der Waals surface area contributed by atoms with Gasteiger partial charge in [0.15, 0.2) is 6.10 Å². The lowest BCUT2D eigenvalue weighted by molar-refractivity contribution is -0.192. The van der Waals surface area contributed by atoms with E-state index in [1.54, 1.807) is 30.3 Å². The number of esters is 4. The summed E-state index contributed by atoms with van der Waals surface area (Å²) in [6.07, 6.45) is -5.66. The standard InChI is InChI=1S/C18H20O10/c1-10(17(23)25-9-13-7-5-4-6-8-13)26-18(24)15(28-12(3)20)14(16(21)22)27-11(2)19/h4-8,10,14-15H,9H2,1-3H3,(H,21,22)/t10-,14+,15+/m0/s1. The molecule has 0 aliphatic rings. The van der Waals surface area contributed by atoms with E-state index in [1.807, 2.05) is 0 Å². The molecule has 0 radical (unpaired) electrons. The zero-order valence-corrected chi connectivity index (χ0v) is 15.4. The Kier molecular flexibility index (Phi) is 8.60. The number of carboxylic acids is 1. The molecule has 10 nitrogen and oxygen atoms in total. The number of hydrogen-bond donors (Lipinski definition) is 1. The summed E-state index contributed by atoms with van der Waals surface area (Å²) in [6, 6.07) is 8.72. The fraction of sp³-hybridized carbons (Fsp3) is 0.389. The van der Waals surface area contributed by atoms with Gasteiger partial charge in [0.05, 0.1) is 0 Å². The lowest BCUT2D eigenvalue weighted by atomic mass is 10.2. The molecule has 0 fully saturated rings. The van der Waals surface area contributed by atoms with Crippen LogP contribution >= 0.6 is 0 Å². The monoisotopic (exact) mass is 396 g/mol. The van der Waals surface area contributed by atoms with Crippen molar-refractivity contribution in [3.05, 3.63) is 35.9 Å². The number of rotatable bonds is 9. The van der Waals surface area contributed by atoms with Gasteiger partial charge in [0.1, 0.15) is 6.61 Å². The van der Waals surface area contributed by atoms with Gasteiger partial charge in [-0.2, -0.15) is 0 Å². The van der Waals surface area contributed by atoms with Crippen LogP contribution in [0.15, 0.2) is 30.3 Å². The summed E-state index contributed by atoms with van der Waals surface area (Å²) in [7, 11) is 0. The summed E-state index contributed by atoms with van der Waals surface area (Å²) in [5, 5.41) is 9.14. The van der Waals surface area contributed by atoms with Gasteiger partial charge in [-0.3, -0.25) is 9.59 Å². The van der Waals surface area contributed by atoms with Crippen molar-refractivity contribution >= 4 is 29.8 Å². The molecule has 0 amide bonds. The first-order valence-electron chi connectivity index (χ1n) is 8.10. The molecular weight excluding hydrogens is 376 g/mol. The first kappa shape index (κ1) is 22.6. The molecule has 0 bridgehead atoms. The minimum Gasteiger partial charge on any atom is -0.478 e. The Bertz CT molecular complexity index is 727. The van der Waals surface area contributed by atoms with Gasteiger partial charge in [-0.25, -0.2) is 14.4 Å². The second-order valence-electron chi connectivity index (χ2n) is 5.57. The molecule has 28 heavy (non-hydrogen) atoms. The van der Waals surface area contributed by atoms with Crippen molar-refractivity contribution in [1.29, 1.82) is 0 Å². The van der Waals surface area contributed by atoms with Gasteiger partial charge in [0, 0.05) is 13.8 Å². The van der Waals surface area contributed by atoms with E-state index < -0.39 is 48.2 Å². The molecule has 1 aromatic rings. The summed E-state index contributed by atoms with van der Waals surface area (Å²) in [5.41, 5.74) is 0.702. The maximum absolute atomic E-state index is 12.2. The van der Waals surface area contributed by atoms with Crippen molar-refractivity contribution in [2.24, 2.45) is 0 Å². The quantitative estimate of drug-likeness (QED) is 0.466. The molecule has 1 N–H and O–H groups in total. The summed E-state index contributed by atoms with van der Waals surface area (Å²) in [4.78, 5) is 57.7. The second-order valence-corrected chi connectivity index (χ2v) is 5.57. The fourth-order valence-electron chi connectivity index (χ4n) is 1.97. The van der Waals surface area contributed by atoms with E-state index in [2.05, 4.69) is 9.47 Å². The third-order valence-corrected chi connectivity index (χ3v) is 3.19. The Balaban J connectivity index is 2.78. The molecule has 3 atom stereocenters. The number of aliphatic carboxylic acids is 1. The Labute approximate surface area is 160 Å². The van der Waals surface area contributed by atoms with E-state index in [-0.39, 0.29) is 6.61 Å². The van der Waals surface area contributed by atoms with Crippen LogP contribution in [-0.4, -0.2) is 53.3 Å². The highest BCUT2D eigenvalue weighted by molar-refractivity contribution is 5.89. The van der Waals surface area contributed by atoms with E-state index in [9.17, 15) is 24.0 Å². The predicted octanol–water partition coefficient (Wildman–Crippen LogP) is 0.610. The van der Waals surface area contributed by atoms with Crippen molar-refractivity contribution in [1.82, 2.24) is 0 Å². The first-order chi connectivity index (χ1) is 13.1. The van der Waals surface area contributed by atoms with E-state index in [1.165, 1.54) is 6.92 Å². The predicted molar refractivity (Wildman–Crippen MR) is 90.5 cm³/mol.